The number of carbonyl (C=O) groups excluding carboxylic acids is 1. The number of nitrogens with zero attached hydrogens (tertiary/aromatic N) is 2. The number of rotatable bonds is 6. The number of halogens is 1. The lowest BCUT2D eigenvalue weighted by molar-refractivity contribution is -0.132. The molecule has 1 aliphatic heterocycles. The smallest absolute Gasteiger partial charge is 0.260 e. The highest BCUT2D eigenvalue weighted by atomic mass is 35.5. The molecule has 1 aliphatic rings. The number of anilines is 1. The standard InChI is InChI=1S/C21H25ClN2O2/c1-23(21(25)16-26-20-8-4-3-7-19(20)22)15-17-9-11-18(12-10-17)24-13-5-2-6-14-24/h3-4,7-12H,2,5-6,13-16H2,1H3. The van der Waals surface area contributed by atoms with Gasteiger partial charge in [-0.3, -0.25) is 4.79 Å². The fraction of sp³-hybridized carbons (Fsp3) is 0.381. The van der Waals surface area contributed by atoms with Crippen LogP contribution in [0.5, 0.6) is 5.75 Å². The van der Waals surface area contributed by atoms with Crippen molar-refractivity contribution in [1.82, 2.24) is 4.90 Å². The number of ether oxygens (including phenoxy) is 1. The molecule has 0 bridgehead atoms. The molecule has 0 aromatic heterocycles. The van der Waals surface area contributed by atoms with Crippen LogP contribution in [0.15, 0.2) is 48.5 Å². The number of hydrogen-bond acceptors (Lipinski definition) is 3. The minimum Gasteiger partial charge on any atom is -0.482 e. The van der Waals surface area contributed by atoms with E-state index in [0.29, 0.717) is 17.3 Å². The number of amides is 1. The van der Waals surface area contributed by atoms with Gasteiger partial charge in [0.25, 0.3) is 5.91 Å². The molecule has 1 heterocycles. The van der Waals surface area contributed by atoms with Gasteiger partial charge in [0.1, 0.15) is 5.75 Å². The lowest BCUT2D eigenvalue weighted by Gasteiger charge is -2.29. The van der Waals surface area contributed by atoms with E-state index in [1.54, 1.807) is 24.1 Å². The second kappa shape index (κ2) is 8.95. The van der Waals surface area contributed by atoms with Crippen molar-refractivity contribution in [2.24, 2.45) is 0 Å². The highest BCUT2D eigenvalue weighted by Gasteiger charge is 2.13. The molecule has 26 heavy (non-hydrogen) atoms. The van der Waals surface area contributed by atoms with Gasteiger partial charge in [-0.25, -0.2) is 0 Å². The molecule has 138 valence electrons. The first-order valence-corrected chi connectivity index (χ1v) is 9.46. The third-order valence-electron chi connectivity index (χ3n) is 4.69. The summed E-state index contributed by atoms with van der Waals surface area (Å²) in [5, 5.41) is 0.510. The van der Waals surface area contributed by atoms with E-state index < -0.39 is 0 Å². The van der Waals surface area contributed by atoms with Crippen LogP contribution in [0.1, 0.15) is 24.8 Å². The van der Waals surface area contributed by atoms with E-state index in [0.717, 1.165) is 18.7 Å². The summed E-state index contributed by atoms with van der Waals surface area (Å²) >= 11 is 6.04. The Hall–Kier alpha value is -2.20. The van der Waals surface area contributed by atoms with Crippen molar-refractivity contribution in [2.75, 3.05) is 31.6 Å². The molecule has 0 aliphatic carbocycles. The maximum atomic E-state index is 12.3. The van der Waals surface area contributed by atoms with Crippen LogP contribution in [0, 0.1) is 0 Å². The fourth-order valence-corrected chi connectivity index (χ4v) is 3.33. The number of likely N-dealkylation sites (N-methyl/N-ethyl adjacent to an activating group) is 1. The Morgan fingerprint density at radius 3 is 2.46 bits per heavy atom. The monoisotopic (exact) mass is 372 g/mol. The van der Waals surface area contributed by atoms with Crippen LogP contribution in [0.2, 0.25) is 5.02 Å². The first kappa shape index (κ1) is 18.6. The first-order chi connectivity index (χ1) is 12.6. The van der Waals surface area contributed by atoms with Crippen LogP contribution in [-0.4, -0.2) is 37.6 Å². The predicted octanol–water partition coefficient (Wildman–Crippen LogP) is 4.37. The lowest BCUT2D eigenvalue weighted by Crippen LogP contribution is -2.31. The lowest BCUT2D eigenvalue weighted by atomic mass is 10.1. The van der Waals surface area contributed by atoms with Gasteiger partial charge >= 0.3 is 0 Å². The maximum Gasteiger partial charge on any atom is 0.260 e. The van der Waals surface area contributed by atoms with E-state index in [1.165, 1.54) is 24.9 Å². The van der Waals surface area contributed by atoms with Crippen LogP contribution in [0.4, 0.5) is 5.69 Å². The topological polar surface area (TPSA) is 32.8 Å². The SMILES string of the molecule is CN(Cc1ccc(N2CCCCC2)cc1)C(=O)COc1ccccc1Cl. The molecule has 0 spiro atoms. The normalized spacial score (nSPS) is 14.2. The third kappa shape index (κ3) is 4.92. The zero-order valence-electron chi connectivity index (χ0n) is 15.2. The first-order valence-electron chi connectivity index (χ1n) is 9.08. The summed E-state index contributed by atoms with van der Waals surface area (Å²) in [4.78, 5) is 16.4. The molecular formula is C21H25ClN2O2. The zero-order chi connectivity index (χ0) is 18.4. The minimum atomic E-state index is -0.0787. The van der Waals surface area contributed by atoms with E-state index in [2.05, 4.69) is 29.2 Å². The summed E-state index contributed by atoms with van der Waals surface area (Å²) in [7, 11) is 1.79. The van der Waals surface area contributed by atoms with Gasteiger partial charge in [-0.15, -0.1) is 0 Å². The van der Waals surface area contributed by atoms with E-state index >= 15 is 0 Å². The largest absolute Gasteiger partial charge is 0.482 e. The Morgan fingerprint density at radius 1 is 1.08 bits per heavy atom. The molecule has 5 heteroatoms. The molecule has 3 rings (SSSR count). The molecule has 4 nitrogen and oxygen atoms in total. The van der Waals surface area contributed by atoms with Crippen LogP contribution >= 0.6 is 11.6 Å². The van der Waals surface area contributed by atoms with Gasteiger partial charge in [-0.05, 0) is 49.1 Å². The Labute approximate surface area is 160 Å². The number of benzene rings is 2. The van der Waals surface area contributed by atoms with Gasteiger partial charge in [-0.2, -0.15) is 0 Å². The second-order valence-corrected chi connectivity index (χ2v) is 7.09. The molecule has 0 saturated carbocycles. The van der Waals surface area contributed by atoms with Gasteiger partial charge in [0, 0.05) is 32.4 Å². The van der Waals surface area contributed by atoms with Gasteiger partial charge < -0.3 is 14.5 Å². The zero-order valence-corrected chi connectivity index (χ0v) is 15.9. The summed E-state index contributed by atoms with van der Waals surface area (Å²) in [5.74, 6) is 0.451. The minimum absolute atomic E-state index is 0.0217. The molecule has 0 N–H and O–H groups in total. The van der Waals surface area contributed by atoms with Gasteiger partial charge in [-0.1, -0.05) is 35.9 Å². The quantitative estimate of drug-likeness (QED) is 0.754. The predicted molar refractivity (Wildman–Crippen MR) is 106 cm³/mol. The molecule has 1 fully saturated rings. The average molecular weight is 373 g/mol. The van der Waals surface area contributed by atoms with Crippen LogP contribution in [0.3, 0.4) is 0 Å². The van der Waals surface area contributed by atoms with Crippen molar-refractivity contribution < 1.29 is 9.53 Å². The van der Waals surface area contributed by atoms with E-state index in [4.69, 9.17) is 16.3 Å². The molecule has 0 radical (unpaired) electrons. The van der Waals surface area contributed by atoms with Crippen LogP contribution in [0.25, 0.3) is 0 Å². The van der Waals surface area contributed by atoms with E-state index in [1.807, 2.05) is 12.1 Å². The van der Waals surface area contributed by atoms with Crippen molar-refractivity contribution in [2.45, 2.75) is 25.8 Å². The van der Waals surface area contributed by atoms with E-state index in [9.17, 15) is 4.79 Å². The Kier molecular flexibility index (Phi) is 6.40. The van der Waals surface area contributed by atoms with Gasteiger partial charge in [0.15, 0.2) is 6.61 Å². The highest BCUT2D eigenvalue weighted by Crippen LogP contribution is 2.23. The van der Waals surface area contributed by atoms with Gasteiger partial charge in [0.2, 0.25) is 0 Å². The van der Waals surface area contributed by atoms with Crippen LogP contribution in [-0.2, 0) is 11.3 Å². The highest BCUT2D eigenvalue weighted by molar-refractivity contribution is 6.32. The maximum absolute atomic E-state index is 12.3. The molecular weight excluding hydrogens is 348 g/mol. The van der Waals surface area contributed by atoms with Crippen molar-refractivity contribution in [3.8, 4) is 5.75 Å². The molecule has 0 atom stereocenters. The Balaban J connectivity index is 1.51. The second-order valence-electron chi connectivity index (χ2n) is 6.68. The van der Waals surface area contributed by atoms with Crippen LogP contribution < -0.4 is 9.64 Å². The van der Waals surface area contributed by atoms with Crippen molar-refractivity contribution in [3.63, 3.8) is 0 Å². The van der Waals surface area contributed by atoms with Crippen molar-refractivity contribution >= 4 is 23.2 Å². The summed E-state index contributed by atoms with van der Waals surface area (Å²) in [6, 6.07) is 15.7. The third-order valence-corrected chi connectivity index (χ3v) is 5.00. The average Bonchev–Trinajstić information content (AvgIpc) is 2.68. The molecule has 1 saturated heterocycles. The molecule has 2 aromatic carbocycles. The number of carbonyl (C=O) groups is 1. The fourth-order valence-electron chi connectivity index (χ4n) is 3.14. The Morgan fingerprint density at radius 2 is 1.77 bits per heavy atom. The molecule has 2 aromatic rings. The van der Waals surface area contributed by atoms with Gasteiger partial charge in [0.05, 0.1) is 5.02 Å². The number of hydrogen-bond donors (Lipinski definition) is 0. The molecule has 0 unspecified atom stereocenters. The Bertz CT molecular complexity index is 727. The summed E-state index contributed by atoms with van der Waals surface area (Å²) < 4.78 is 5.53. The summed E-state index contributed by atoms with van der Waals surface area (Å²) in [6.07, 6.45) is 3.87. The summed E-state index contributed by atoms with van der Waals surface area (Å²) in [5.41, 5.74) is 2.38. The van der Waals surface area contributed by atoms with Crippen molar-refractivity contribution in [3.05, 3.63) is 59.1 Å². The number of piperidine rings is 1. The van der Waals surface area contributed by atoms with E-state index in [-0.39, 0.29) is 12.5 Å². The number of para-hydroxylation sites is 1. The van der Waals surface area contributed by atoms with Crippen molar-refractivity contribution in [1.29, 1.82) is 0 Å². The molecule has 1 amide bonds. The summed E-state index contributed by atoms with van der Waals surface area (Å²) in [6.45, 7) is 2.81.